The lowest BCUT2D eigenvalue weighted by Crippen LogP contribution is -2.12. The second-order valence-corrected chi connectivity index (χ2v) is 5.66. The van der Waals surface area contributed by atoms with Gasteiger partial charge in [-0.2, -0.15) is 0 Å². The van der Waals surface area contributed by atoms with Crippen LogP contribution in [0, 0.1) is 5.92 Å². The number of anilines is 1. The normalized spacial score (nSPS) is 16.5. The molecule has 1 aliphatic rings. The minimum absolute atomic E-state index is 0.247. The zero-order chi connectivity index (χ0) is 10.9. The maximum Gasteiger partial charge on any atom is 0.0343 e. The Morgan fingerprint density at radius 1 is 1.27 bits per heavy atom. The van der Waals surface area contributed by atoms with Gasteiger partial charge >= 0.3 is 0 Å². The quantitative estimate of drug-likeness (QED) is 0.787. The number of nitrogens with one attached hydrogen (secondary N) is 1. The Morgan fingerprint density at radius 2 is 2.00 bits per heavy atom. The predicted octanol–water partition coefficient (Wildman–Crippen LogP) is 3.81. The van der Waals surface area contributed by atoms with Gasteiger partial charge in [0.15, 0.2) is 0 Å². The summed E-state index contributed by atoms with van der Waals surface area (Å²) in [7, 11) is 0. The van der Waals surface area contributed by atoms with Crippen molar-refractivity contribution in [3.05, 3.63) is 29.8 Å². The van der Waals surface area contributed by atoms with E-state index in [0.717, 1.165) is 12.5 Å². The van der Waals surface area contributed by atoms with E-state index in [1.165, 1.54) is 24.1 Å². The first-order valence-electron chi connectivity index (χ1n) is 5.90. The van der Waals surface area contributed by atoms with E-state index < -0.39 is 0 Å². The Balaban J connectivity index is 2.04. The van der Waals surface area contributed by atoms with Crippen molar-refractivity contribution < 1.29 is 0 Å². The SMILES string of the molecule is CC(C)(C)c1cccc(NCC2CC2)c1. The summed E-state index contributed by atoms with van der Waals surface area (Å²) in [5.41, 5.74) is 2.93. The second kappa shape index (κ2) is 3.88. The highest BCUT2D eigenvalue weighted by molar-refractivity contribution is 5.47. The maximum absolute atomic E-state index is 3.52. The molecule has 0 saturated heterocycles. The predicted molar refractivity (Wildman–Crippen MR) is 66.4 cm³/mol. The van der Waals surface area contributed by atoms with Crippen molar-refractivity contribution >= 4 is 5.69 Å². The van der Waals surface area contributed by atoms with Crippen LogP contribution in [-0.2, 0) is 5.41 Å². The molecule has 1 nitrogen and oxygen atoms in total. The topological polar surface area (TPSA) is 12.0 Å². The molecule has 1 saturated carbocycles. The third kappa shape index (κ3) is 2.98. The third-order valence-electron chi connectivity index (χ3n) is 3.02. The molecule has 15 heavy (non-hydrogen) atoms. The van der Waals surface area contributed by atoms with Crippen molar-refractivity contribution in [1.29, 1.82) is 0 Å². The molecule has 1 heteroatoms. The van der Waals surface area contributed by atoms with E-state index in [9.17, 15) is 0 Å². The molecular weight excluding hydrogens is 182 g/mol. The summed E-state index contributed by atoms with van der Waals surface area (Å²) in [6.07, 6.45) is 2.82. The molecule has 2 rings (SSSR count). The van der Waals surface area contributed by atoms with Crippen molar-refractivity contribution in [2.24, 2.45) is 5.92 Å². The minimum atomic E-state index is 0.247. The molecular formula is C14H21N. The lowest BCUT2D eigenvalue weighted by Gasteiger charge is -2.20. The third-order valence-corrected chi connectivity index (χ3v) is 3.02. The van der Waals surface area contributed by atoms with Crippen molar-refractivity contribution in [2.75, 3.05) is 11.9 Å². The molecule has 0 aliphatic heterocycles. The summed E-state index contributed by atoms with van der Waals surface area (Å²) in [5, 5.41) is 3.52. The summed E-state index contributed by atoms with van der Waals surface area (Å²) in [5.74, 6) is 0.934. The zero-order valence-corrected chi connectivity index (χ0v) is 10.0. The molecule has 82 valence electrons. The van der Waals surface area contributed by atoms with Crippen molar-refractivity contribution in [1.82, 2.24) is 0 Å². The Kier molecular flexibility index (Phi) is 2.72. The van der Waals surface area contributed by atoms with Gasteiger partial charge in [-0.05, 0) is 41.9 Å². The van der Waals surface area contributed by atoms with E-state index in [-0.39, 0.29) is 5.41 Å². The first-order valence-corrected chi connectivity index (χ1v) is 5.90. The molecule has 0 heterocycles. The standard InChI is InChI=1S/C14H21N/c1-14(2,3)12-5-4-6-13(9-12)15-10-11-7-8-11/h4-6,9,11,15H,7-8,10H2,1-3H3. The van der Waals surface area contributed by atoms with E-state index >= 15 is 0 Å². The Labute approximate surface area is 92.9 Å². The van der Waals surface area contributed by atoms with Crippen LogP contribution in [0.3, 0.4) is 0 Å². The van der Waals surface area contributed by atoms with Crippen LogP contribution in [0.4, 0.5) is 5.69 Å². The van der Waals surface area contributed by atoms with Gasteiger partial charge in [0.05, 0.1) is 0 Å². The fraction of sp³-hybridized carbons (Fsp3) is 0.571. The monoisotopic (exact) mass is 203 g/mol. The highest BCUT2D eigenvalue weighted by atomic mass is 14.9. The Morgan fingerprint density at radius 3 is 2.60 bits per heavy atom. The number of hydrogen-bond donors (Lipinski definition) is 1. The molecule has 1 aromatic rings. The molecule has 0 spiro atoms. The van der Waals surface area contributed by atoms with Gasteiger partial charge in [0, 0.05) is 12.2 Å². The van der Waals surface area contributed by atoms with E-state index in [0.29, 0.717) is 0 Å². The molecule has 1 aromatic carbocycles. The van der Waals surface area contributed by atoms with Crippen LogP contribution in [0.15, 0.2) is 24.3 Å². The summed E-state index contributed by atoms with van der Waals surface area (Å²) < 4.78 is 0. The van der Waals surface area contributed by atoms with Gasteiger partial charge in [0.2, 0.25) is 0 Å². The van der Waals surface area contributed by atoms with Crippen LogP contribution < -0.4 is 5.32 Å². The molecule has 1 N–H and O–H groups in total. The van der Waals surface area contributed by atoms with E-state index in [2.05, 4.69) is 50.4 Å². The zero-order valence-electron chi connectivity index (χ0n) is 10.0. The summed E-state index contributed by atoms with van der Waals surface area (Å²) >= 11 is 0. The van der Waals surface area contributed by atoms with E-state index in [1.54, 1.807) is 0 Å². The van der Waals surface area contributed by atoms with Gasteiger partial charge in [-0.3, -0.25) is 0 Å². The maximum atomic E-state index is 3.52. The number of hydrogen-bond acceptors (Lipinski definition) is 1. The molecule has 1 fully saturated rings. The average Bonchev–Trinajstić information content (AvgIpc) is 2.97. The average molecular weight is 203 g/mol. The van der Waals surface area contributed by atoms with Crippen LogP contribution >= 0.6 is 0 Å². The first kappa shape index (κ1) is 10.5. The molecule has 0 amide bonds. The van der Waals surface area contributed by atoms with Crippen LogP contribution in [0.2, 0.25) is 0 Å². The molecule has 1 aliphatic carbocycles. The molecule has 0 unspecified atom stereocenters. The van der Waals surface area contributed by atoms with Crippen LogP contribution in [0.25, 0.3) is 0 Å². The van der Waals surface area contributed by atoms with Crippen LogP contribution in [0.5, 0.6) is 0 Å². The summed E-state index contributed by atoms with van der Waals surface area (Å²) in [6, 6.07) is 8.80. The van der Waals surface area contributed by atoms with Gasteiger partial charge in [0.1, 0.15) is 0 Å². The summed E-state index contributed by atoms with van der Waals surface area (Å²) in [6.45, 7) is 7.92. The lowest BCUT2D eigenvalue weighted by atomic mass is 9.87. The largest absolute Gasteiger partial charge is 0.385 e. The van der Waals surface area contributed by atoms with Gasteiger partial charge < -0.3 is 5.32 Å². The lowest BCUT2D eigenvalue weighted by molar-refractivity contribution is 0.590. The van der Waals surface area contributed by atoms with Crippen molar-refractivity contribution in [2.45, 2.75) is 39.0 Å². The van der Waals surface area contributed by atoms with Gasteiger partial charge in [0.25, 0.3) is 0 Å². The van der Waals surface area contributed by atoms with Gasteiger partial charge in [-0.1, -0.05) is 32.9 Å². The fourth-order valence-corrected chi connectivity index (χ4v) is 1.68. The van der Waals surface area contributed by atoms with Crippen LogP contribution in [-0.4, -0.2) is 6.54 Å². The Bertz CT molecular complexity index is 331. The van der Waals surface area contributed by atoms with Crippen molar-refractivity contribution in [3.63, 3.8) is 0 Å². The van der Waals surface area contributed by atoms with Crippen LogP contribution in [0.1, 0.15) is 39.2 Å². The van der Waals surface area contributed by atoms with Gasteiger partial charge in [-0.15, -0.1) is 0 Å². The van der Waals surface area contributed by atoms with E-state index in [1.807, 2.05) is 0 Å². The molecule has 0 bridgehead atoms. The Hall–Kier alpha value is -0.980. The molecule has 0 radical (unpaired) electrons. The van der Waals surface area contributed by atoms with Gasteiger partial charge in [-0.25, -0.2) is 0 Å². The minimum Gasteiger partial charge on any atom is -0.385 e. The second-order valence-electron chi connectivity index (χ2n) is 5.66. The highest BCUT2D eigenvalue weighted by Crippen LogP contribution is 2.30. The van der Waals surface area contributed by atoms with Crippen molar-refractivity contribution in [3.8, 4) is 0 Å². The van der Waals surface area contributed by atoms with E-state index in [4.69, 9.17) is 0 Å². The molecule has 0 atom stereocenters. The first-order chi connectivity index (χ1) is 7.05. The smallest absolute Gasteiger partial charge is 0.0343 e. The number of rotatable bonds is 3. The number of benzene rings is 1. The molecule has 0 aromatic heterocycles. The fourth-order valence-electron chi connectivity index (χ4n) is 1.68. The summed E-state index contributed by atoms with van der Waals surface area (Å²) in [4.78, 5) is 0. The highest BCUT2D eigenvalue weighted by Gasteiger charge is 2.20.